The number of hydrogen-bond acceptors (Lipinski definition) is 5. The number of carbonyl (C=O) groups is 1. The highest BCUT2D eigenvalue weighted by Crippen LogP contribution is 2.26. The van der Waals surface area contributed by atoms with Crippen LogP contribution in [-0.2, 0) is 5.92 Å². The molecule has 1 aromatic carbocycles. The van der Waals surface area contributed by atoms with Crippen molar-refractivity contribution < 1.29 is 13.6 Å². The lowest BCUT2D eigenvalue weighted by molar-refractivity contribution is 0.0174. The van der Waals surface area contributed by atoms with Crippen LogP contribution in [0.5, 0.6) is 0 Å². The number of benzene rings is 1. The molecule has 2 rings (SSSR count). The minimum atomic E-state index is -2.93. The van der Waals surface area contributed by atoms with Crippen LogP contribution in [0.2, 0.25) is 0 Å². The van der Waals surface area contributed by atoms with Crippen molar-refractivity contribution >= 4 is 11.7 Å². The summed E-state index contributed by atoms with van der Waals surface area (Å²) in [6.07, 6.45) is 0. The van der Waals surface area contributed by atoms with Crippen molar-refractivity contribution in [3.05, 3.63) is 53.2 Å². The molecule has 0 saturated heterocycles. The smallest absolute Gasteiger partial charge is 0.270 e. The summed E-state index contributed by atoms with van der Waals surface area (Å²) in [6, 6.07) is 10.4. The van der Waals surface area contributed by atoms with Gasteiger partial charge in [-0.3, -0.25) is 4.79 Å². The standard InChI is InChI=1S/C18H19F2N5O/c1-3-25(16-9-8-15(12-21)23-24-16)11-10-22-17(26)13-4-6-14(7-5-13)18(2,19)20/h4-9H,3,10-11H2,1-2H3,(H,22,26). The number of nitrogens with one attached hydrogen (secondary N) is 1. The highest BCUT2D eigenvalue weighted by Gasteiger charge is 2.24. The van der Waals surface area contributed by atoms with Crippen molar-refractivity contribution in [2.24, 2.45) is 0 Å². The van der Waals surface area contributed by atoms with Gasteiger partial charge in [0.25, 0.3) is 11.8 Å². The fourth-order valence-electron chi connectivity index (χ4n) is 2.31. The Bertz CT molecular complexity index is 779. The Balaban J connectivity index is 1.90. The largest absolute Gasteiger partial charge is 0.354 e. The van der Waals surface area contributed by atoms with E-state index in [0.29, 0.717) is 31.0 Å². The summed E-state index contributed by atoms with van der Waals surface area (Å²) in [7, 11) is 0. The van der Waals surface area contributed by atoms with Crippen molar-refractivity contribution in [1.82, 2.24) is 15.5 Å². The molecule has 0 aliphatic heterocycles. The minimum Gasteiger partial charge on any atom is -0.354 e. The molecule has 2 aromatic rings. The van der Waals surface area contributed by atoms with Gasteiger partial charge >= 0.3 is 0 Å². The fourth-order valence-corrected chi connectivity index (χ4v) is 2.31. The van der Waals surface area contributed by atoms with E-state index in [0.717, 1.165) is 6.92 Å². The number of rotatable bonds is 7. The van der Waals surface area contributed by atoms with Crippen molar-refractivity contribution in [3.8, 4) is 6.07 Å². The zero-order valence-corrected chi connectivity index (χ0v) is 14.5. The summed E-state index contributed by atoms with van der Waals surface area (Å²) in [6.45, 7) is 4.24. The van der Waals surface area contributed by atoms with Crippen LogP contribution in [-0.4, -0.2) is 35.7 Å². The van der Waals surface area contributed by atoms with Gasteiger partial charge in [-0.15, -0.1) is 10.2 Å². The number of anilines is 1. The highest BCUT2D eigenvalue weighted by atomic mass is 19.3. The summed E-state index contributed by atoms with van der Waals surface area (Å²) < 4.78 is 26.4. The molecule has 0 unspecified atom stereocenters. The van der Waals surface area contributed by atoms with Crippen LogP contribution >= 0.6 is 0 Å². The van der Waals surface area contributed by atoms with Gasteiger partial charge in [0.05, 0.1) is 0 Å². The van der Waals surface area contributed by atoms with Crippen molar-refractivity contribution in [3.63, 3.8) is 0 Å². The molecule has 0 bridgehead atoms. The lowest BCUT2D eigenvalue weighted by atomic mass is 10.1. The molecule has 0 spiro atoms. The Morgan fingerprint density at radius 3 is 2.42 bits per heavy atom. The van der Waals surface area contributed by atoms with Gasteiger partial charge in [-0.1, -0.05) is 12.1 Å². The first-order valence-corrected chi connectivity index (χ1v) is 8.10. The summed E-state index contributed by atoms with van der Waals surface area (Å²) in [5.41, 5.74) is 0.420. The molecule has 0 aliphatic carbocycles. The van der Waals surface area contributed by atoms with Crippen LogP contribution in [0.15, 0.2) is 36.4 Å². The van der Waals surface area contributed by atoms with Crippen LogP contribution in [0, 0.1) is 11.3 Å². The van der Waals surface area contributed by atoms with Gasteiger partial charge in [0.2, 0.25) is 0 Å². The van der Waals surface area contributed by atoms with Crippen molar-refractivity contribution in [1.29, 1.82) is 5.26 Å². The zero-order valence-electron chi connectivity index (χ0n) is 14.5. The Morgan fingerprint density at radius 2 is 1.92 bits per heavy atom. The monoisotopic (exact) mass is 359 g/mol. The molecule has 6 nitrogen and oxygen atoms in total. The number of amides is 1. The maximum absolute atomic E-state index is 13.2. The molecule has 1 heterocycles. The molecular formula is C18H19F2N5O. The van der Waals surface area contributed by atoms with Crippen LogP contribution in [0.4, 0.5) is 14.6 Å². The minimum absolute atomic E-state index is 0.134. The van der Waals surface area contributed by atoms with E-state index in [9.17, 15) is 13.6 Å². The second-order valence-corrected chi connectivity index (χ2v) is 5.69. The first-order valence-electron chi connectivity index (χ1n) is 8.10. The molecule has 1 amide bonds. The molecule has 0 aliphatic rings. The Morgan fingerprint density at radius 1 is 1.23 bits per heavy atom. The molecule has 0 atom stereocenters. The SMILES string of the molecule is CCN(CCNC(=O)c1ccc(C(C)(F)F)cc1)c1ccc(C#N)nn1. The average molecular weight is 359 g/mol. The van der Waals surface area contributed by atoms with E-state index in [1.807, 2.05) is 17.9 Å². The predicted molar refractivity (Wildman–Crippen MR) is 93.0 cm³/mol. The molecule has 0 radical (unpaired) electrons. The number of alkyl halides is 2. The quantitative estimate of drug-likeness (QED) is 0.822. The van der Waals surface area contributed by atoms with Crippen LogP contribution in [0.25, 0.3) is 0 Å². The Labute approximate surface area is 150 Å². The van der Waals surface area contributed by atoms with Crippen molar-refractivity contribution in [2.75, 3.05) is 24.5 Å². The van der Waals surface area contributed by atoms with Crippen LogP contribution in [0.1, 0.15) is 35.5 Å². The number of likely N-dealkylation sites (N-methyl/N-ethyl adjacent to an activating group) is 1. The summed E-state index contributed by atoms with van der Waals surface area (Å²) >= 11 is 0. The zero-order chi connectivity index (χ0) is 19.2. The number of hydrogen-bond donors (Lipinski definition) is 1. The maximum atomic E-state index is 13.2. The second kappa shape index (κ2) is 8.34. The number of carbonyl (C=O) groups excluding carboxylic acids is 1. The fraction of sp³-hybridized carbons (Fsp3) is 0.333. The second-order valence-electron chi connectivity index (χ2n) is 5.69. The van der Waals surface area contributed by atoms with Gasteiger partial charge in [-0.05, 0) is 31.2 Å². The predicted octanol–water partition coefficient (Wildman–Crippen LogP) is 2.72. The van der Waals surface area contributed by atoms with E-state index in [1.54, 1.807) is 12.1 Å². The van der Waals surface area contributed by atoms with Crippen LogP contribution in [0.3, 0.4) is 0 Å². The van der Waals surface area contributed by atoms with E-state index in [4.69, 9.17) is 5.26 Å². The molecule has 26 heavy (non-hydrogen) atoms. The lowest BCUT2D eigenvalue weighted by Crippen LogP contribution is -2.35. The number of aromatic nitrogens is 2. The summed E-state index contributed by atoms with van der Waals surface area (Å²) in [5, 5.41) is 19.2. The van der Waals surface area contributed by atoms with Gasteiger partial charge in [0.15, 0.2) is 11.5 Å². The third kappa shape index (κ3) is 4.96. The van der Waals surface area contributed by atoms with E-state index >= 15 is 0 Å². The molecule has 0 fully saturated rings. The van der Waals surface area contributed by atoms with E-state index in [1.165, 1.54) is 24.3 Å². The third-order valence-electron chi connectivity index (χ3n) is 3.79. The molecule has 0 saturated carbocycles. The third-order valence-corrected chi connectivity index (χ3v) is 3.79. The molecule has 136 valence electrons. The molecular weight excluding hydrogens is 340 g/mol. The highest BCUT2D eigenvalue weighted by molar-refractivity contribution is 5.94. The van der Waals surface area contributed by atoms with E-state index < -0.39 is 5.92 Å². The number of halogens is 2. The summed E-state index contributed by atoms with van der Waals surface area (Å²) in [5.74, 6) is -2.66. The normalized spacial score (nSPS) is 10.9. The molecule has 1 aromatic heterocycles. The van der Waals surface area contributed by atoms with Gasteiger partial charge in [-0.25, -0.2) is 8.78 Å². The van der Waals surface area contributed by atoms with Gasteiger partial charge in [0, 0.05) is 37.7 Å². The first-order chi connectivity index (χ1) is 12.3. The maximum Gasteiger partial charge on any atom is 0.270 e. The van der Waals surface area contributed by atoms with E-state index in [-0.39, 0.29) is 17.2 Å². The van der Waals surface area contributed by atoms with E-state index in [2.05, 4.69) is 15.5 Å². The Kier molecular flexibility index (Phi) is 6.17. The lowest BCUT2D eigenvalue weighted by Gasteiger charge is -2.21. The topological polar surface area (TPSA) is 81.9 Å². The molecule has 8 heteroatoms. The van der Waals surface area contributed by atoms with Crippen LogP contribution < -0.4 is 10.2 Å². The number of nitriles is 1. The van der Waals surface area contributed by atoms with Crippen molar-refractivity contribution in [2.45, 2.75) is 19.8 Å². The van der Waals surface area contributed by atoms with Gasteiger partial charge in [-0.2, -0.15) is 5.26 Å². The summed E-state index contributed by atoms with van der Waals surface area (Å²) in [4.78, 5) is 14.0. The Hall–Kier alpha value is -3.08. The van der Waals surface area contributed by atoms with Gasteiger partial charge < -0.3 is 10.2 Å². The number of nitrogens with zero attached hydrogens (tertiary/aromatic N) is 4. The molecule has 1 N–H and O–H groups in total. The average Bonchev–Trinajstić information content (AvgIpc) is 2.64. The van der Waals surface area contributed by atoms with Gasteiger partial charge in [0.1, 0.15) is 6.07 Å². The first kappa shape index (κ1) is 19.2.